The lowest BCUT2D eigenvalue weighted by molar-refractivity contribution is 0.0782. The van der Waals surface area contributed by atoms with Crippen molar-refractivity contribution in [3.63, 3.8) is 0 Å². The Bertz CT molecular complexity index is 1830. The third-order valence-electron chi connectivity index (χ3n) is 8.47. The molecule has 8 heteroatoms. The van der Waals surface area contributed by atoms with E-state index in [1.54, 1.807) is 4.90 Å². The van der Waals surface area contributed by atoms with E-state index in [0.717, 1.165) is 59.3 Å². The molecule has 1 unspecified atom stereocenters. The van der Waals surface area contributed by atoms with Crippen molar-refractivity contribution in [1.29, 1.82) is 0 Å². The summed E-state index contributed by atoms with van der Waals surface area (Å²) < 4.78 is 0. The van der Waals surface area contributed by atoms with Crippen LogP contribution in [0.1, 0.15) is 49.9 Å². The van der Waals surface area contributed by atoms with E-state index >= 15 is 0 Å². The number of benzene rings is 4. The molecule has 0 saturated carbocycles. The minimum Gasteiger partial charge on any atom is -0.341 e. The molecule has 0 bridgehead atoms. The fourth-order valence-electron chi connectivity index (χ4n) is 6.04. The number of para-hydroxylation sites is 1. The summed E-state index contributed by atoms with van der Waals surface area (Å²) in [4.78, 5) is 35.7. The Kier molecular flexibility index (Phi) is 9.45. The van der Waals surface area contributed by atoms with Crippen LogP contribution in [0.15, 0.2) is 103 Å². The van der Waals surface area contributed by atoms with Gasteiger partial charge in [-0.2, -0.15) is 0 Å². The van der Waals surface area contributed by atoms with E-state index in [2.05, 4.69) is 10.2 Å². The zero-order valence-electron chi connectivity index (χ0n) is 25.0. The van der Waals surface area contributed by atoms with Gasteiger partial charge in [0.15, 0.2) is 0 Å². The lowest BCUT2D eigenvalue weighted by Gasteiger charge is -2.32. The van der Waals surface area contributed by atoms with Crippen molar-refractivity contribution in [3.8, 4) is 0 Å². The largest absolute Gasteiger partial charge is 0.341 e. The first-order valence-corrected chi connectivity index (χ1v) is 15.9. The van der Waals surface area contributed by atoms with Crippen molar-refractivity contribution < 1.29 is 9.59 Å². The van der Waals surface area contributed by atoms with Gasteiger partial charge in [-0.15, -0.1) is 0 Å². The zero-order valence-corrected chi connectivity index (χ0v) is 26.6. The summed E-state index contributed by atoms with van der Waals surface area (Å²) in [7, 11) is 1.84. The standard InChI is InChI=1S/C37H34Cl2N4O2/c1-42(37(45)26-12-6-3-7-13-26)23-28(27-16-17-31(38)32(39)22-27)18-20-43-21-19-34-30(24-43)35(29-14-8-9-15-33(29)40-34)41-36(44)25-10-4-2-5-11-25/h2-17,22,28H,18-21,23-24H2,1H3,(H,40,41,44). The molecule has 0 radical (unpaired) electrons. The molecule has 1 N–H and O–H groups in total. The normalized spacial score (nSPS) is 13.7. The Labute approximate surface area is 273 Å². The number of rotatable bonds is 9. The first-order valence-electron chi connectivity index (χ1n) is 15.1. The van der Waals surface area contributed by atoms with Crippen LogP contribution in [0, 0.1) is 0 Å². The zero-order chi connectivity index (χ0) is 31.3. The van der Waals surface area contributed by atoms with Gasteiger partial charge < -0.3 is 10.2 Å². The molecule has 1 atom stereocenters. The maximum absolute atomic E-state index is 13.3. The van der Waals surface area contributed by atoms with Crippen molar-refractivity contribution in [3.05, 3.63) is 141 Å². The van der Waals surface area contributed by atoms with Gasteiger partial charge in [0, 0.05) is 66.8 Å². The molecular formula is C37H34Cl2N4O2. The van der Waals surface area contributed by atoms with Crippen molar-refractivity contribution in [2.45, 2.75) is 25.3 Å². The second-order valence-corrected chi connectivity index (χ2v) is 12.3. The van der Waals surface area contributed by atoms with Crippen LogP contribution >= 0.6 is 23.2 Å². The van der Waals surface area contributed by atoms with Gasteiger partial charge in [-0.1, -0.05) is 83.9 Å². The van der Waals surface area contributed by atoms with Gasteiger partial charge in [0.1, 0.15) is 0 Å². The van der Waals surface area contributed by atoms with Crippen LogP contribution in [0.2, 0.25) is 10.0 Å². The number of nitrogens with zero attached hydrogens (tertiary/aromatic N) is 3. The van der Waals surface area contributed by atoms with Crippen LogP contribution in [-0.4, -0.2) is 53.3 Å². The molecule has 6 nitrogen and oxygen atoms in total. The predicted octanol–water partition coefficient (Wildman–Crippen LogP) is 8.10. The number of anilines is 1. The van der Waals surface area contributed by atoms with Crippen molar-refractivity contribution in [1.82, 2.24) is 14.8 Å². The van der Waals surface area contributed by atoms with Gasteiger partial charge in [-0.25, -0.2) is 0 Å². The van der Waals surface area contributed by atoms with Gasteiger partial charge in [-0.05, 0) is 61.0 Å². The van der Waals surface area contributed by atoms with Crippen LogP contribution in [0.4, 0.5) is 5.69 Å². The molecule has 2 amide bonds. The Morgan fingerprint density at radius 1 is 0.889 bits per heavy atom. The molecule has 1 aliphatic rings. The molecule has 1 aromatic heterocycles. The minimum atomic E-state index is -0.142. The number of fused-ring (bicyclic) bond motifs is 2. The Hall–Kier alpha value is -4.23. The predicted molar refractivity (Wildman–Crippen MR) is 182 cm³/mol. The number of aromatic nitrogens is 1. The molecule has 0 fully saturated rings. The lowest BCUT2D eigenvalue weighted by atomic mass is 9.93. The fourth-order valence-corrected chi connectivity index (χ4v) is 6.34. The molecule has 45 heavy (non-hydrogen) atoms. The fraction of sp³-hybridized carbons (Fsp3) is 0.216. The average Bonchev–Trinajstić information content (AvgIpc) is 3.08. The van der Waals surface area contributed by atoms with E-state index in [-0.39, 0.29) is 17.7 Å². The first-order chi connectivity index (χ1) is 21.9. The van der Waals surface area contributed by atoms with Crippen LogP contribution in [-0.2, 0) is 13.0 Å². The summed E-state index contributed by atoms with van der Waals surface area (Å²) in [5.74, 6) is -0.132. The first kappa shape index (κ1) is 30.8. The van der Waals surface area contributed by atoms with Crippen LogP contribution < -0.4 is 5.32 Å². The van der Waals surface area contributed by atoms with Crippen molar-refractivity contribution >= 4 is 51.6 Å². The molecule has 0 aliphatic carbocycles. The number of likely N-dealkylation sites (N-methyl/N-ethyl adjacent to an activating group) is 1. The van der Waals surface area contributed by atoms with E-state index < -0.39 is 0 Å². The third kappa shape index (κ3) is 7.04. The van der Waals surface area contributed by atoms with Crippen LogP contribution in [0.25, 0.3) is 10.9 Å². The molecule has 2 heterocycles. The Morgan fingerprint density at radius 3 is 2.31 bits per heavy atom. The number of pyridine rings is 1. The molecule has 228 valence electrons. The summed E-state index contributed by atoms with van der Waals surface area (Å²) in [6.45, 7) is 2.82. The number of nitrogens with one attached hydrogen (secondary N) is 1. The van der Waals surface area contributed by atoms with Gasteiger partial charge >= 0.3 is 0 Å². The highest BCUT2D eigenvalue weighted by molar-refractivity contribution is 6.42. The third-order valence-corrected chi connectivity index (χ3v) is 9.21. The highest BCUT2D eigenvalue weighted by Gasteiger charge is 2.26. The molecule has 0 saturated heterocycles. The molecular weight excluding hydrogens is 603 g/mol. The molecule has 1 aliphatic heterocycles. The number of hydrogen-bond donors (Lipinski definition) is 1. The second-order valence-electron chi connectivity index (χ2n) is 11.5. The lowest BCUT2D eigenvalue weighted by Crippen LogP contribution is -2.35. The van der Waals surface area contributed by atoms with E-state index in [1.807, 2.05) is 110 Å². The van der Waals surface area contributed by atoms with Crippen molar-refractivity contribution in [2.75, 3.05) is 32.0 Å². The quantitative estimate of drug-likeness (QED) is 0.177. The Morgan fingerprint density at radius 2 is 1.58 bits per heavy atom. The summed E-state index contributed by atoms with van der Waals surface area (Å²) >= 11 is 12.7. The number of carbonyl (C=O) groups is 2. The summed E-state index contributed by atoms with van der Waals surface area (Å²) in [5.41, 5.74) is 6.07. The minimum absolute atomic E-state index is 0.0238. The molecule has 0 spiro atoms. The topological polar surface area (TPSA) is 65.5 Å². The maximum Gasteiger partial charge on any atom is 0.255 e. The monoisotopic (exact) mass is 636 g/mol. The number of halogens is 2. The number of hydrogen-bond acceptors (Lipinski definition) is 4. The van der Waals surface area contributed by atoms with Crippen molar-refractivity contribution in [2.24, 2.45) is 0 Å². The van der Waals surface area contributed by atoms with E-state index in [9.17, 15) is 9.59 Å². The highest BCUT2D eigenvalue weighted by atomic mass is 35.5. The van der Waals surface area contributed by atoms with Crippen LogP contribution in [0.5, 0.6) is 0 Å². The van der Waals surface area contributed by atoms with Crippen LogP contribution in [0.3, 0.4) is 0 Å². The smallest absolute Gasteiger partial charge is 0.255 e. The van der Waals surface area contributed by atoms with Gasteiger partial charge in [-0.3, -0.25) is 19.5 Å². The average molecular weight is 638 g/mol. The summed E-state index contributed by atoms with van der Waals surface area (Å²) in [6, 6.07) is 32.3. The van der Waals surface area contributed by atoms with E-state index in [1.165, 1.54) is 0 Å². The molecule has 4 aromatic carbocycles. The molecule has 5 aromatic rings. The Balaban J connectivity index is 1.24. The highest BCUT2D eigenvalue weighted by Crippen LogP contribution is 2.34. The van der Waals surface area contributed by atoms with Gasteiger partial charge in [0.05, 0.1) is 21.2 Å². The van der Waals surface area contributed by atoms with Gasteiger partial charge in [0.25, 0.3) is 11.8 Å². The van der Waals surface area contributed by atoms with E-state index in [0.29, 0.717) is 34.3 Å². The number of carbonyl (C=O) groups excluding carboxylic acids is 2. The number of amides is 2. The van der Waals surface area contributed by atoms with E-state index in [4.69, 9.17) is 28.2 Å². The second kappa shape index (κ2) is 13.8. The summed E-state index contributed by atoms with van der Waals surface area (Å²) in [5, 5.41) is 5.16. The maximum atomic E-state index is 13.3. The SMILES string of the molecule is CN(CC(CCN1CCc2nc3ccccc3c(NC(=O)c3ccccc3)c2C1)c1ccc(Cl)c(Cl)c1)C(=O)c1ccccc1. The van der Waals surface area contributed by atoms with Gasteiger partial charge in [0.2, 0.25) is 0 Å². The molecule has 6 rings (SSSR count). The summed E-state index contributed by atoms with van der Waals surface area (Å²) in [6.07, 6.45) is 1.57.